The van der Waals surface area contributed by atoms with Gasteiger partial charge in [0.05, 0.1) is 0 Å². The van der Waals surface area contributed by atoms with Crippen LogP contribution in [0.1, 0.15) is 24.2 Å². The third-order valence-corrected chi connectivity index (χ3v) is 4.21. The van der Waals surface area contributed by atoms with E-state index >= 15 is 0 Å². The van der Waals surface area contributed by atoms with Crippen molar-refractivity contribution in [3.8, 4) is 0 Å². The van der Waals surface area contributed by atoms with Crippen LogP contribution in [0.4, 0.5) is 0 Å². The number of rotatable bonds is 3. The van der Waals surface area contributed by atoms with E-state index in [2.05, 4.69) is 4.98 Å². The van der Waals surface area contributed by atoms with Gasteiger partial charge in [-0.05, 0) is 17.2 Å². The van der Waals surface area contributed by atoms with Crippen LogP contribution in [0.2, 0.25) is 0 Å². The van der Waals surface area contributed by atoms with Gasteiger partial charge in [-0.3, -0.25) is 14.6 Å². The minimum atomic E-state index is -0.494. The first-order valence-electron chi connectivity index (χ1n) is 7.59. The van der Waals surface area contributed by atoms with Crippen molar-refractivity contribution < 1.29 is 9.59 Å². The Balaban J connectivity index is 1.96. The minimum Gasteiger partial charge on any atom is -0.319 e. The lowest BCUT2D eigenvalue weighted by atomic mass is 10.1. The van der Waals surface area contributed by atoms with Gasteiger partial charge in [-0.25, -0.2) is 0 Å². The van der Waals surface area contributed by atoms with E-state index in [1.54, 1.807) is 29.2 Å². The lowest BCUT2D eigenvalue weighted by Gasteiger charge is -2.29. The van der Waals surface area contributed by atoms with E-state index in [1.807, 2.05) is 42.5 Å². The number of nitrogens with zero attached hydrogens (tertiary/aromatic N) is 3. The van der Waals surface area contributed by atoms with Crippen molar-refractivity contribution >= 4 is 11.8 Å². The van der Waals surface area contributed by atoms with E-state index in [-0.39, 0.29) is 18.0 Å². The average molecular weight is 309 g/mol. The molecule has 5 nitrogen and oxygen atoms in total. The van der Waals surface area contributed by atoms with Crippen molar-refractivity contribution in [3.63, 3.8) is 0 Å². The number of hydrogen-bond donors (Lipinski definition) is 0. The molecule has 1 aliphatic heterocycles. The standard InChI is InChI=1S/C18H19N3O2/c1-13(22)21-16(11-14-7-6-10-19-12-14)18(23)20(2)17(21)15-8-4-3-5-9-15/h3-10,12,16-17H,11H2,1-2H3. The van der Waals surface area contributed by atoms with Gasteiger partial charge in [0.2, 0.25) is 11.8 Å². The fraction of sp³-hybridized carbons (Fsp3) is 0.278. The summed E-state index contributed by atoms with van der Waals surface area (Å²) < 4.78 is 0. The second kappa shape index (κ2) is 6.20. The molecule has 0 N–H and O–H groups in total. The van der Waals surface area contributed by atoms with Crippen molar-refractivity contribution in [1.29, 1.82) is 0 Å². The first-order valence-corrected chi connectivity index (χ1v) is 7.59. The SMILES string of the molecule is CC(=O)N1C(Cc2cccnc2)C(=O)N(C)C1c1ccccc1. The Labute approximate surface area is 135 Å². The molecular weight excluding hydrogens is 290 g/mol. The molecule has 2 heterocycles. The summed E-state index contributed by atoms with van der Waals surface area (Å²) in [5.41, 5.74) is 1.88. The smallest absolute Gasteiger partial charge is 0.247 e. The van der Waals surface area contributed by atoms with Crippen LogP contribution in [0.15, 0.2) is 54.9 Å². The number of likely N-dealkylation sites (N-methyl/N-ethyl adjacent to an activating group) is 1. The van der Waals surface area contributed by atoms with E-state index < -0.39 is 6.04 Å². The Morgan fingerprint density at radius 1 is 1.17 bits per heavy atom. The number of hydrogen-bond acceptors (Lipinski definition) is 3. The van der Waals surface area contributed by atoms with E-state index in [0.29, 0.717) is 6.42 Å². The molecule has 5 heteroatoms. The molecule has 2 amide bonds. The maximum absolute atomic E-state index is 12.7. The summed E-state index contributed by atoms with van der Waals surface area (Å²) in [6.45, 7) is 1.51. The fourth-order valence-corrected chi connectivity index (χ4v) is 3.16. The Bertz CT molecular complexity index is 703. The Morgan fingerprint density at radius 2 is 1.91 bits per heavy atom. The molecule has 1 fully saturated rings. The van der Waals surface area contributed by atoms with Gasteiger partial charge >= 0.3 is 0 Å². The molecule has 3 rings (SSSR count). The first kappa shape index (κ1) is 15.2. The van der Waals surface area contributed by atoms with Crippen LogP contribution in [0.25, 0.3) is 0 Å². The summed E-state index contributed by atoms with van der Waals surface area (Å²) in [6, 6.07) is 12.9. The normalized spacial score (nSPS) is 20.9. The third-order valence-electron chi connectivity index (χ3n) is 4.21. The van der Waals surface area contributed by atoms with Crippen LogP contribution in [0, 0.1) is 0 Å². The third kappa shape index (κ3) is 2.82. The van der Waals surface area contributed by atoms with Crippen LogP contribution in [0.3, 0.4) is 0 Å². The minimum absolute atomic E-state index is 0.0436. The average Bonchev–Trinajstić information content (AvgIpc) is 2.82. The maximum atomic E-state index is 12.7. The molecule has 118 valence electrons. The summed E-state index contributed by atoms with van der Waals surface area (Å²) in [5.74, 6) is -0.150. The monoisotopic (exact) mass is 309 g/mol. The van der Waals surface area contributed by atoms with Crippen molar-refractivity contribution in [2.45, 2.75) is 25.6 Å². The molecule has 1 aromatic carbocycles. The van der Waals surface area contributed by atoms with Crippen molar-refractivity contribution in [2.24, 2.45) is 0 Å². The van der Waals surface area contributed by atoms with Gasteiger partial charge < -0.3 is 9.80 Å². The van der Waals surface area contributed by atoms with Crippen LogP contribution in [-0.2, 0) is 16.0 Å². The summed E-state index contributed by atoms with van der Waals surface area (Å²) in [4.78, 5) is 32.4. The molecule has 0 bridgehead atoms. The largest absolute Gasteiger partial charge is 0.319 e. The number of carbonyl (C=O) groups is 2. The molecule has 0 aliphatic carbocycles. The van der Waals surface area contributed by atoms with Gasteiger partial charge in [-0.1, -0.05) is 36.4 Å². The van der Waals surface area contributed by atoms with E-state index in [0.717, 1.165) is 11.1 Å². The highest BCUT2D eigenvalue weighted by Crippen LogP contribution is 2.34. The lowest BCUT2D eigenvalue weighted by molar-refractivity contribution is -0.134. The summed E-state index contributed by atoms with van der Waals surface area (Å²) in [6.07, 6.45) is 3.55. The lowest BCUT2D eigenvalue weighted by Crippen LogP contribution is -2.39. The number of pyridine rings is 1. The van der Waals surface area contributed by atoms with Crippen LogP contribution >= 0.6 is 0 Å². The highest BCUT2D eigenvalue weighted by molar-refractivity contribution is 5.91. The van der Waals surface area contributed by atoms with Gasteiger partial charge in [0.15, 0.2) is 0 Å². The molecule has 0 radical (unpaired) electrons. The van der Waals surface area contributed by atoms with E-state index in [4.69, 9.17) is 0 Å². The number of carbonyl (C=O) groups excluding carboxylic acids is 2. The predicted octanol–water partition coefficient (Wildman–Crippen LogP) is 2.01. The summed E-state index contributed by atoms with van der Waals surface area (Å²) >= 11 is 0. The number of benzene rings is 1. The van der Waals surface area contributed by atoms with Gasteiger partial charge in [0.25, 0.3) is 0 Å². The summed E-state index contributed by atoms with van der Waals surface area (Å²) in [5, 5.41) is 0. The van der Waals surface area contributed by atoms with Gasteiger partial charge in [-0.2, -0.15) is 0 Å². The van der Waals surface area contributed by atoms with E-state index in [9.17, 15) is 9.59 Å². The Hall–Kier alpha value is -2.69. The molecule has 2 unspecified atom stereocenters. The molecular formula is C18H19N3O2. The molecule has 2 aromatic rings. The van der Waals surface area contributed by atoms with Crippen molar-refractivity contribution in [3.05, 3.63) is 66.0 Å². The highest BCUT2D eigenvalue weighted by atomic mass is 16.2. The van der Waals surface area contributed by atoms with Crippen molar-refractivity contribution in [1.82, 2.24) is 14.8 Å². The topological polar surface area (TPSA) is 53.5 Å². The predicted molar refractivity (Wildman–Crippen MR) is 86.2 cm³/mol. The summed E-state index contributed by atoms with van der Waals surface area (Å²) in [7, 11) is 1.75. The van der Waals surface area contributed by atoms with E-state index in [1.165, 1.54) is 6.92 Å². The van der Waals surface area contributed by atoms with Gasteiger partial charge in [0.1, 0.15) is 12.2 Å². The molecule has 1 aliphatic rings. The molecule has 0 saturated carbocycles. The highest BCUT2D eigenvalue weighted by Gasteiger charge is 2.46. The van der Waals surface area contributed by atoms with Gasteiger partial charge in [0, 0.05) is 32.8 Å². The second-order valence-corrected chi connectivity index (χ2v) is 5.74. The zero-order chi connectivity index (χ0) is 16.4. The molecule has 0 spiro atoms. The molecule has 1 saturated heterocycles. The Kier molecular flexibility index (Phi) is 4.10. The quantitative estimate of drug-likeness (QED) is 0.871. The van der Waals surface area contributed by atoms with Crippen molar-refractivity contribution in [2.75, 3.05) is 7.05 Å². The second-order valence-electron chi connectivity index (χ2n) is 5.74. The van der Waals surface area contributed by atoms with Crippen LogP contribution < -0.4 is 0 Å². The zero-order valence-electron chi connectivity index (χ0n) is 13.2. The Morgan fingerprint density at radius 3 is 2.52 bits per heavy atom. The molecule has 1 aromatic heterocycles. The maximum Gasteiger partial charge on any atom is 0.247 e. The number of amides is 2. The fourth-order valence-electron chi connectivity index (χ4n) is 3.16. The molecule has 23 heavy (non-hydrogen) atoms. The van der Waals surface area contributed by atoms with Crippen LogP contribution in [0.5, 0.6) is 0 Å². The van der Waals surface area contributed by atoms with Gasteiger partial charge in [-0.15, -0.1) is 0 Å². The zero-order valence-corrected chi connectivity index (χ0v) is 13.2. The molecule has 2 atom stereocenters. The number of aromatic nitrogens is 1. The first-order chi connectivity index (χ1) is 11.1. The van der Waals surface area contributed by atoms with Crippen LogP contribution in [-0.4, -0.2) is 39.7 Å².